The molecule has 200 valence electrons. The van der Waals surface area contributed by atoms with E-state index in [0.29, 0.717) is 25.3 Å². The number of aryl methyl sites for hydroxylation is 1. The van der Waals surface area contributed by atoms with Crippen LogP contribution < -0.4 is 31.6 Å². The van der Waals surface area contributed by atoms with Crippen LogP contribution in [-0.2, 0) is 20.7 Å². The first-order chi connectivity index (χ1) is 17.7. The highest BCUT2D eigenvalue weighted by Crippen LogP contribution is 2.31. The summed E-state index contributed by atoms with van der Waals surface area (Å²) in [6.07, 6.45) is 2.65. The van der Waals surface area contributed by atoms with Crippen molar-refractivity contribution in [1.82, 2.24) is 0 Å². The van der Waals surface area contributed by atoms with E-state index in [0.717, 1.165) is 42.9 Å². The molecule has 0 fully saturated rings. The molecule has 6 N–H and O–H groups in total. The highest BCUT2D eigenvalue weighted by Gasteiger charge is 2.35. The summed E-state index contributed by atoms with van der Waals surface area (Å²) in [5, 5.41) is 0. The Bertz CT molecular complexity index is 1080. The van der Waals surface area contributed by atoms with E-state index in [1.54, 1.807) is 13.8 Å². The molecule has 0 saturated heterocycles. The van der Waals surface area contributed by atoms with Crippen molar-refractivity contribution in [3.05, 3.63) is 54.1 Å². The maximum Gasteiger partial charge on any atom is 0.357 e. The lowest BCUT2D eigenvalue weighted by Gasteiger charge is -2.31. The third-order valence-corrected chi connectivity index (χ3v) is 5.97. The molecule has 0 amide bonds. The fourth-order valence-electron chi connectivity index (χ4n) is 3.92. The first kappa shape index (κ1) is 27.8. The molecule has 37 heavy (non-hydrogen) atoms. The van der Waals surface area contributed by atoms with Gasteiger partial charge in [0, 0.05) is 13.1 Å². The summed E-state index contributed by atoms with van der Waals surface area (Å²) >= 11 is 0. The van der Waals surface area contributed by atoms with Gasteiger partial charge in [0.15, 0.2) is 5.96 Å². The summed E-state index contributed by atoms with van der Waals surface area (Å²) < 4.78 is 16.5. The van der Waals surface area contributed by atoms with Crippen LogP contribution in [0.4, 0.5) is 5.69 Å². The molecule has 1 aliphatic heterocycles. The number of anilines is 1. The van der Waals surface area contributed by atoms with Gasteiger partial charge in [0.2, 0.25) is 5.60 Å². The van der Waals surface area contributed by atoms with E-state index in [-0.39, 0.29) is 12.4 Å². The average molecular weight is 512 g/mol. The van der Waals surface area contributed by atoms with E-state index in [1.165, 1.54) is 0 Å². The van der Waals surface area contributed by atoms with Crippen LogP contribution >= 0.6 is 0 Å². The summed E-state index contributed by atoms with van der Waals surface area (Å²) in [4.78, 5) is 30.9. The normalized spacial score (nSPS) is 13.6. The summed E-state index contributed by atoms with van der Waals surface area (Å²) in [6, 6.07) is 14.7. The molecule has 0 aromatic heterocycles. The predicted octanol–water partition coefficient (Wildman–Crippen LogP) is 2.13. The van der Waals surface area contributed by atoms with Gasteiger partial charge in [-0.15, -0.1) is 0 Å². The van der Waals surface area contributed by atoms with Crippen LogP contribution in [0.25, 0.3) is 0 Å². The summed E-state index contributed by atoms with van der Waals surface area (Å²) in [6.45, 7) is 5.92. The van der Waals surface area contributed by atoms with E-state index in [4.69, 9.17) is 31.4 Å². The van der Waals surface area contributed by atoms with Gasteiger partial charge in [0.25, 0.3) is 0 Å². The Kier molecular flexibility index (Phi) is 9.73. The van der Waals surface area contributed by atoms with Crippen molar-refractivity contribution >= 4 is 23.6 Å². The molecule has 10 nitrogen and oxygen atoms in total. The van der Waals surface area contributed by atoms with Crippen molar-refractivity contribution in [3.8, 4) is 11.5 Å². The monoisotopic (exact) mass is 511 g/mol. The number of nitrogens with two attached hydrogens (primary N) is 3. The van der Waals surface area contributed by atoms with Crippen LogP contribution in [0.5, 0.6) is 11.5 Å². The van der Waals surface area contributed by atoms with Crippen LogP contribution in [0.1, 0.15) is 38.7 Å². The zero-order valence-electron chi connectivity index (χ0n) is 21.5. The van der Waals surface area contributed by atoms with E-state index < -0.39 is 23.6 Å². The first-order valence-corrected chi connectivity index (χ1v) is 12.5. The predicted molar refractivity (Wildman–Crippen MR) is 143 cm³/mol. The maximum atomic E-state index is 12.6. The van der Waals surface area contributed by atoms with Gasteiger partial charge in [-0.1, -0.05) is 24.3 Å². The number of para-hydroxylation sites is 2. The molecule has 0 spiro atoms. The van der Waals surface area contributed by atoms with E-state index in [9.17, 15) is 9.59 Å². The van der Waals surface area contributed by atoms with Gasteiger partial charge in [-0.25, -0.2) is 9.59 Å². The number of esters is 2. The van der Waals surface area contributed by atoms with Gasteiger partial charge in [-0.3, -0.25) is 4.99 Å². The number of rotatable bonds is 12. The SMILES string of the molecule is CC(C)(Oc1ccc(CCCN2CCOc3ccccc32)cc1)C(=O)OC(=O)[C@@H](N)CCCN=C(N)N. The number of carbonyl (C=O) groups is 2. The van der Waals surface area contributed by atoms with E-state index >= 15 is 0 Å². The third-order valence-electron chi connectivity index (χ3n) is 5.97. The molecule has 1 aliphatic rings. The highest BCUT2D eigenvalue weighted by molar-refractivity contribution is 5.92. The molecule has 0 radical (unpaired) electrons. The van der Waals surface area contributed by atoms with Crippen LogP contribution in [0.2, 0.25) is 0 Å². The lowest BCUT2D eigenvalue weighted by molar-refractivity contribution is -0.170. The number of fused-ring (bicyclic) bond motifs is 1. The van der Waals surface area contributed by atoms with Gasteiger partial charge in [-0.05, 0) is 69.4 Å². The van der Waals surface area contributed by atoms with Gasteiger partial charge < -0.3 is 36.3 Å². The lowest BCUT2D eigenvalue weighted by atomic mass is 10.1. The molecule has 0 bridgehead atoms. The molecule has 0 saturated carbocycles. The summed E-state index contributed by atoms with van der Waals surface area (Å²) in [5.74, 6) is -0.223. The molecule has 1 atom stereocenters. The quantitative estimate of drug-likeness (QED) is 0.128. The Balaban J connectivity index is 1.44. The van der Waals surface area contributed by atoms with Gasteiger partial charge >= 0.3 is 11.9 Å². The van der Waals surface area contributed by atoms with Gasteiger partial charge in [0.1, 0.15) is 24.1 Å². The molecule has 1 heterocycles. The number of benzene rings is 2. The maximum absolute atomic E-state index is 12.6. The smallest absolute Gasteiger partial charge is 0.357 e. The zero-order valence-corrected chi connectivity index (χ0v) is 21.5. The Morgan fingerprint density at radius 1 is 1.11 bits per heavy atom. The van der Waals surface area contributed by atoms with E-state index in [1.807, 2.05) is 42.5 Å². The van der Waals surface area contributed by atoms with Gasteiger partial charge in [-0.2, -0.15) is 0 Å². The molecule has 2 aromatic carbocycles. The zero-order chi connectivity index (χ0) is 26.8. The molecule has 10 heteroatoms. The van der Waals surface area contributed by atoms with Crippen molar-refractivity contribution in [2.24, 2.45) is 22.2 Å². The van der Waals surface area contributed by atoms with Crippen LogP contribution in [-0.4, -0.2) is 55.8 Å². The topological polar surface area (TPSA) is 155 Å². The Morgan fingerprint density at radius 2 is 1.84 bits per heavy atom. The number of nitrogens with zero attached hydrogens (tertiary/aromatic N) is 2. The Labute approximate surface area is 217 Å². The molecule has 0 aliphatic carbocycles. The minimum atomic E-state index is -1.38. The van der Waals surface area contributed by atoms with Crippen LogP contribution in [0.3, 0.4) is 0 Å². The molecular formula is C27H37N5O5. The summed E-state index contributed by atoms with van der Waals surface area (Å²) in [5.41, 5.74) is 17.3. The minimum absolute atomic E-state index is 0.0302. The second-order valence-corrected chi connectivity index (χ2v) is 9.43. The van der Waals surface area contributed by atoms with Crippen LogP contribution in [0.15, 0.2) is 53.5 Å². The highest BCUT2D eigenvalue weighted by atomic mass is 16.6. The number of ether oxygens (including phenoxy) is 3. The van der Waals surface area contributed by atoms with Crippen molar-refractivity contribution in [3.63, 3.8) is 0 Å². The lowest BCUT2D eigenvalue weighted by Crippen LogP contribution is -2.44. The van der Waals surface area contributed by atoms with Crippen molar-refractivity contribution in [2.45, 2.75) is 51.2 Å². The largest absolute Gasteiger partial charge is 0.490 e. The summed E-state index contributed by atoms with van der Waals surface area (Å²) in [7, 11) is 0. The van der Waals surface area contributed by atoms with Crippen molar-refractivity contribution in [1.29, 1.82) is 0 Å². The van der Waals surface area contributed by atoms with Crippen molar-refractivity contribution in [2.75, 3.05) is 31.1 Å². The Hall–Kier alpha value is -3.79. The molecular weight excluding hydrogens is 474 g/mol. The number of hydrogen-bond donors (Lipinski definition) is 3. The number of carbonyl (C=O) groups excluding carboxylic acids is 2. The minimum Gasteiger partial charge on any atom is -0.490 e. The second kappa shape index (κ2) is 13.0. The Morgan fingerprint density at radius 3 is 2.57 bits per heavy atom. The number of guanidine groups is 1. The standard InChI is InChI=1S/C27H37N5O5/c1-27(2,25(34)36-24(33)21(28)8-5-15-31-26(29)30)37-20-13-11-19(12-14-20)7-6-16-32-17-18-35-23-10-4-3-9-22(23)32/h3-4,9-14,21H,5-8,15-18,28H2,1-2H3,(H4,29,30,31)/t21-/m0/s1. The van der Waals surface area contributed by atoms with Gasteiger partial charge in [0.05, 0.1) is 12.2 Å². The fourth-order valence-corrected chi connectivity index (χ4v) is 3.92. The van der Waals surface area contributed by atoms with E-state index in [2.05, 4.69) is 16.0 Å². The molecule has 2 aromatic rings. The number of aliphatic imine (C=N–C) groups is 1. The molecule has 3 rings (SSSR count). The first-order valence-electron chi connectivity index (χ1n) is 12.5. The second-order valence-electron chi connectivity index (χ2n) is 9.43. The van der Waals surface area contributed by atoms with Crippen molar-refractivity contribution < 1.29 is 23.8 Å². The van der Waals surface area contributed by atoms with Crippen LogP contribution in [0, 0.1) is 0 Å². The average Bonchev–Trinajstić information content (AvgIpc) is 2.87. The molecule has 0 unspecified atom stereocenters. The third kappa shape index (κ3) is 8.38. The number of hydrogen-bond acceptors (Lipinski definition) is 8. The fraction of sp³-hybridized carbons (Fsp3) is 0.444.